The smallest absolute Gasteiger partial charge is 0.265 e. The van der Waals surface area contributed by atoms with Crippen LogP contribution in [-0.2, 0) is 9.59 Å². The lowest BCUT2D eigenvalue weighted by Crippen LogP contribution is -2.41. The number of fused-ring (bicyclic) bond motifs is 1. The zero-order valence-corrected chi connectivity index (χ0v) is 15.3. The largest absolute Gasteiger partial charge is 0.483 e. The van der Waals surface area contributed by atoms with Crippen LogP contribution in [-0.4, -0.2) is 30.4 Å². The number of hydrogen-bond acceptors (Lipinski definition) is 4. The van der Waals surface area contributed by atoms with Gasteiger partial charge in [0.1, 0.15) is 5.75 Å². The van der Waals surface area contributed by atoms with Gasteiger partial charge >= 0.3 is 0 Å². The highest BCUT2D eigenvalue weighted by Gasteiger charge is 2.29. The summed E-state index contributed by atoms with van der Waals surface area (Å²) < 4.78 is 5.54. The predicted molar refractivity (Wildman–Crippen MR) is 102 cm³/mol. The summed E-state index contributed by atoms with van der Waals surface area (Å²) in [7, 11) is 0. The van der Waals surface area contributed by atoms with Crippen molar-refractivity contribution in [3.63, 3.8) is 0 Å². The van der Waals surface area contributed by atoms with Gasteiger partial charge in [-0.25, -0.2) is 0 Å². The number of ether oxygens (including phenoxy) is 1. The SMILES string of the molecule is C[C@H]1CC(=O)Nc2ccccc2N1C(=O)COc1ccc(Cl)cc1C(N)=O. The number of halogens is 1. The molecule has 0 saturated carbocycles. The van der Waals surface area contributed by atoms with Crippen LogP contribution >= 0.6 is 11.6 Å². The number of nitrogens with zero attached hydrogens (tertiary/aromatic N) is 1. The molecule has 0 aromatic heterocycles. The molecule has 1 aliphatic heterocycles. The van der Waals surface area contributed by atoms with Gasteiger partial charge in [0.2, 0.25) is 5.91 Å². The van der Waals surface area contributed by atoms with Gasteiger partial charge < -0.3 is 20.7 Å². The quantitative estimate of drug-likeness (QED) is 0.841. The summed E-state index contributed by atoms with van der Waals surface area (Å²) in [5, 5.41) is 3.13. The van der Waals surface area contributed by atoms with Crippen molar-refractivity contribution < 1.29 is 19.1 Å². The molecule has 0 fully saturated rings. The van der Waals surface area contributed by atoms with Gasteiger partial charge in [0.05, 0.1) is 16.9 Å². The van der Waals surface area contributed by atoms with E-state index in [1.165, 1.54) is 17.0 Å². The van der Waals surface area contributed by atoms with Gasteiger partial charge in [-0.3, -0.25) is 14.4 Å². The third-order valence-electron chi connectivity index (χ3n) is 4.19. The second-order valence-corrected chi connectivity index (χ2v) is 6.61. The highest BCUT2D eigenvalue weighted by molar-refractivity contribution is 6.31. The van der Waals surface area contributed by atoms with Gasteiger partial charge in [-0.2, -0.15) is 0 Å². The number of carbonyl (C=O) groups excluding carboxylic acids is 3. The maximum atomic E-state index is 12.9. The first kappa shape index (κ1) is 18.7. The van der Waals surface area contributed by atoms with Crippen LogP contribution in [0.2, 0.25) is 5.02 Å². The molecule has 1 heterocycles. The Kier molecular flexibility index (Phi) is 5.32. The van der Waals surface area contributed by atoms with Crippen LogP contribution in [0.3, 0.4) is 0 Å². The average Bonchev–Trinajstić information content (AvgIpc) is 2.74. The summed E-state index contributed by atoms with van der Waals surface area (Å²) in [4.78, 5) is 38.0. The van der Waals surface area contributed by atoms with E-state index in [1.807, 2.05) is 0 Å². The lowest BCUT2D eigenvalue weighted by atomic mass is 10.1. The molecule has 3 amide bonds. The van der Waals surface area contributed by atoms with Crippen LogP contribution < -0.4 is 20.7 Å². The average molecular weight is 388 g/mol. The third kappa shape index (κ3) is 4.03. The second-order valence-electron chi connectivity index (χ2n) is 6.18. The van der Waals surface area contributed by atoms with Crippen LogP contribution in [0.4, 0.5) is 11.4 Å². The minimum atomic E-state index is -0.705. The first-order valence-electron chi connectivity index (χ1n) is 8.30. The molecule has 0 unspecified atom stereocenters. The van der Waals surface area contributed by atoms with Crippen LogP contribution in [0.15, 0.2) is 42.5 Å². The zero-order valence-electron chi connectivity index (χ0n) is 14.6. The highest BCUT2D eigenvalue weighted by atomic mass is 35.5. The Morgan fingerprint density at radius 1 is 1.30 bits per heavy atom. The fraction of sp³-hybridized carbons (Fsp3) is 0.211. The maximum Gasteiger partial charge on any atom is 0.265 e. The summed E-state index contributed by atoms with van der Waals surface area (Å²) in [6, 6.07) is 11.1. The van der Waals surface area contributed by atoms with Crippen LogP contribution in [0.5, 0.6) is 5.75 Å². The summed E-state index contributed by atoms with van der Waals surface area (Å²) in [6.07, 6.45) is 0.161. The standard InChI is InChI=1S/C19H18ClN3O4/c1-11-8-17(24)22-14-4-2-3-5-15(14)23(11)18(25)10-27-16-7-6-12(20)9-13(16)19(21)26/h2-7,9,11H,8,10H2,1H3,(H2,21,26)(H,22,24)/t11-/m0/s1. The Bertz CT molecular complexity index is 916. The van der Waals surface area contributed by atoms with Gasteiger partial charge in [-0.1, -0.05) is 23.7 Å². The molecular weight excluding hydrogens is 370 g/mol. The number of para-hydroxylation sites is 2. The minimum absolute atomic E-state index is 0.0939. The number of nitrogens with one attached hydrogen (secondary N) is 1. The van der Waals surface area contributed by atoms with Crippen molar-refractivity contribution in [1.29, 1.82) is 0 Å². The molecule has 1 aliphatic rings. The van der Waals surface area contributed by atoms with Gasteiger partial charge in [0.25, 0.3) is 11.8 Å². The molecule has 0 radical (unpaired) electrons. The number of rotatable bonds is 4. The van der Waals surface area contributed by atoms with E-state index in [1.54, 1.807) is 37.3 Å². The van der Waals surface area contributed by atoms with Crippen molar-refractivity contribution in [2.75, 3.05) is 16.8 Å². The van der Waals surface area contributed by atoms with E-state index in [4.69, 9.17) is 22.1 Å². The van der Waals surface area contributed by atoms with Crippen molar-refractivity contribution in [3.05, 3.63) is 53.1 Å². The summed E-state index contributed by atoms with van der Waals surface area (Å²) in [5.74, 6) is -1.05. The fourth-order valence-corrected chi connectivity index (χ4v) is 3.17. The van der Waals surface area contributed by atoms with E-state index in [-0.39, 0.29) is 42.2 Å². The second kappa shape index (κ2) is 7.67. The van der Waals surface area contributed by atoms with Gasteiger partial charge in [-0.05, 0) is 37.3 Å². The van der Waals surface area contributed by atoms with Crippen molar-refractivity contribution >= 4 is 40.7 Å². The van der Waals surface area contributed by atoms with E-state index < -0.39 is 5.91 Å². The molecule has 0 aliphatic carbocycles. The molecule has 0 bridgehead atoms. The van der Waals surface area contributed by atoms with E-state index >= 15 is 0 Å². The number of carbonyl (C=O) groups is 3. The number of amides is 3. The molecule has 3 rings (SSSR count). The topological polar surface area (TPSA) is 102 Å². The normalized spacial score (nSPS) is 16.1. The zero-order chi connectivity index (χ0) is 19.6. The molecule has 1 atom stereocenters. The lowest BCUT2D eigenvalue weighted by molar-refractivity contribution is -0.121. The monoisotopic (exact) mass is 387 g/mol. The Labute approximate surface area is 161 Å². The van der Waals surface area contributed by atoms with Crippen molar-refractivity contribution in [2.24, 2.45) is 5.73 Å². The predicted octanol–water partition coefficient (Wildman–Crippen LogP) is 2.58. The van der Waals surface area contributed by atoms with E-state index in [2.05, 4.69) is 5.32 Å². The van der Waals surface area contributed by atoms with Crippen LogP contribution in [0.1, 0.15) is 23.7 Å². The number of benzene rings is 2. The summed E-state index contributed by atoms with van der Waals surface area (Å²) >= 11 is 5.88. The first-order valence-corrected chi connectivity index (χ1v) is 8.67. The van der Waals surface area contributed by atoms with Crippen LogP contribution in [0.25, 0.3) is 0 Å². The van der Waals surface area contributed by atoms with Crippen molar-refractivity contribution in [3.8, 4) is 5.75 Å². The molecule has 140 valence electrons. The van der Waals surface area contributed by atoms with Crippen LogP contribution in [0, 0.1) is 0 Å². The molecule has 3 N–H and O–H groups in total. The molecule has 2 aromatic carbocycles. The molecule has 0 spiro atoms. The van der Waals surface area contributed by atoms with Crippen molar-refractivity contribution in [1.82, 2.24) is 0 Å². The molecule has 0 saturated heterocycles. The van der Waals surface area contributed by atoms with E-state index in [0.29, 0.717) is 16.4 Å². The molecule has 7 nitrogen and oxygen atoms in total. The highest BCUT2D eigenvalue weighted by Crippen LogP contribution is 2.31. The van der Waals surface area contributed by atoms with E-state index in [0.717, 1.165) is 0 Å². The van der Waals surface area contributed by atoms with Gasteiger partial charge in [0.15, 0.2) is 6.61 Å². The number of anilines is 2. The summed E-state index contributed by atoms with van der Waals surface area (Å²) in [5.41, 5.74) is 6.58. The molecule has 2 aromatic rings. The third-order valence-corrected chi connectivity index (χ3v) is 4.42. The Hall–Kier alpha value is -3.06. The van der Waals surface area contributed by atoms with Gasteiger partial charge in [0, 0.05) is 17.5 Å². The minimum Gasteiger partial charge on any atom is -0.483 e. The number of nitrogens with two attached hydrogens (primary N) is 1. The van der Waals surface area contributed by atoms with Crippen molar-refractivity contribution in [2.45, 2.75) is 19.4 Å². The lowest BCUT2D eigenvalue weighted by Gasteiger charge is -2.27. The number of hydrogen-bond donors (Lipinski definition) is 2. The molecule has 27 heavy (non-hydrogen) atoms. The first-order chi connectivity index (χ1) is 12.9. The molecule has 8 heteroatoms. The Morgan fingerprint density at radius 3 is 2.78 bits per heavy atom. The maximum absolute atomic E-state index is 12.9. The fourth-order valence-electron chi connectivity index (χ4n) is 3.00. The number of primary amides is 1. The van der Waals surface area contributed by atoms with Gasteiger partial charge in [-0.15, -0.1) is 0 Å². The van der Waals surface area contributed by atoms with E-state index in [9.17, 15) is 14.4 Å². The molecular formula is C19H18ClN3O4. The Balaban J connectivity index is 1.84. The summed E-state index contributed by atoms with van der Waals surface area (Å²) in [6.45, 7) is 1.46. The Morgan fingerprint density at radius 2 is 2.04 bits per heavy atom.